The smallest absolute Gasteiger partial charge is 0.239 e. The Bertz CT molecular complexity index is 536. The zero-order chi connectivity index (χ0) is 12.3. The summed E-state index contributed by atoms with van der Waals surface area (Å²) in [6.07, 6.45) is 3.20. The highest BCUT2D eigenvalue weighted by molar-refractivity contribution is 5.76. The first-order valence-corrected chi connectivity index (χ1v) is 5.19. The molecule has 2 aromatic rings. The van der Waals surface area contributed by atoms with Crippen molar-refractivity contribution in [3.05, 3.63) is 42.5 Å². The molecule has 1 aromatic carbocycles. The van der Waals surface area contributed by atoms with Crippen LogP contribution in [0.5, 0.6) is 0 Å². The number of halogens is 1. The predicted octanol–water partition coefficient (Wildman–Crippen LogP) is 1.44. The summed E-state index contributed by atoms with van der Waals surface area (Å²) in [6.45, 7) is 0.125. The Labute approximate surface area is 98.1 Å². The van der Waals surface area contributed by atoms with E-state index in [1.54, 1.807) is 42.2 Å². The molecular formula is C12H12FN3O. The lowest BCUT2D eigenvalue weighted by molar-refractivity contribution is -0.121. The Kier molecular flexibility index (Phi) is 3.18. The molecule has 0 fully saturated rings. The summed E-state index contributed by atoms with van der Waals surface area (Å²) in [5, 5.41) is 2.52. The third-order valence-electron chi connectivity index (χ3n) is 2.42. The Morgan fingerprint density at radius 3 is 2.94 bits per heavy atom. The van der Waals surface area contributed by atoms with E-state index in [1.807, 2.05) is 0 Å². The Morgan fingerprint density at radius 2 is 2.24 bits per heavy atom. The molecule has 0 aliphatic heterocycles. The van der Waals surface area contributed by atoms with Gasteiger partial charge in [0.2, 0.25) is 5.91 Å². The molecule has 0 radical (unpaired) electrons. The number of benzene rings is 1. The van der Waals surface area contributed by atoms with Gasteiger partial charge in [0.15, 0.2) is 0 Å². The lowest BCUT2D eigenvalue weighted by Crippen LogP contribution is -2.23. The Hall–Kier alpha value is -2.17. The molecule has 1 N–H and O–H groups in total. The van der Waals surface area contributed by atoms with Crippen LogP contribution in [-0.2, 0) is 11.3 Å². The fraction of sp³-hybridized carbons (Fsp3) is 0.167. The number of imidazole rings is 1. The average Bonchev–Trinajstić information content (AvgIpc) is 2.77. The van der Waals surface area contributed by atoms with Crippen molar-refractivity contribution < 1.29 is 9.18 Å². The molecule has 0 unspecified atom stereocenters. The molecule has 88 valence electrons. The highest BCUT2D eigenvalue weighted by atomic mass is 19.1. The van der Waals surface area contributed by atoms with E-state index >= 15 is 0 Å². The van der Waals surface area contributed by atoms with E-state index < -0.39 is 0 Å². The maximum atomic E-state index is 13.6. The van der Waals surface area contributed by atoms with E-state index in [9.17, 15) is 9.18 Å². The molecule has 0 aliphatic carbocycles. The van der Waals surface area contributed by atoms with E-state index in [2.05, 4.69) is 10.3 Å². The summed E-state index contributed by atoms with van der Waals surface area (Å²) in [5.41, 5.74) is 0.390. The number of nitrogens with one attached hydrogen (secondary N) is 1. The van der Waals surface area contributed by atoms with Gasteiger partial charge < -0.3 is 9.88 Å². The van der Waals surface area contributed by atoms with Gasteiger partial charge in [0.05, 0.1) is 5.56 Å². The van der Waals surface area contributed by atoms with Crippen LogP contribution < -0.4 is 5.32 Å². The van der Waals surface area contributed by atoms with Gasteiger partial charge in [-0.3, -0.25) is 4.79 Å². The molecule has 0 saturated heterocycles. The first-order valence-electron chi connectivity index (χ1n) is 5.19. The Balaban J connectivity index is 2.37. The molecule has 17 heavy (non-hydrogen) atoms. The lowest BCUT2D eigenvalue weighted by Gasteiger charge is -2.07. The van der Waals surface area contributed by atoms with Crippen LogP contribution in [0.3, 0.4) is 0 Å². The Morgan fingerprint density at radius 1 is 1.47 bits per heavy atom. The molecule has 1 amide bonds. The molecule has 2 rings (SSSR count). The maximum absolute atomic E-state index is 13.6. The largest absolute Gasteiger partial charge is 0.358 e. The standard InChI is InChI=1S/C12H12FN3O/c1-14-11(17)8-16-7-6-15-12(16)9-4-2-3-5-10(9)13/h2-7H,8H2,1H3,(H,14,17). The zero-order valence-electron chi connectivity index (χ0n) is 9.35. The van der Waals surface area contributed by atoms with Crippen LogP contribution in [0.25, 0.3) is 11.4 Å². The van der Waals surface area contributed by atoms with Gasteiger partial charge in [0.1, 0.15) is 18.2 Å². The van der Waals surface area contributed by atoms with E-state index in [4.69, 9.17) is 0 Å². The number of carbonyl (C=O) groups is 1. The van der Waals surface area contributed by atoms with Crippen molar-refractivity contribution in [2.24, 2.45) is 0 Å². The van der Waals surface area contributed by atoms with Crippen LogP contribution in [-0.4, -0.2) is 22.5 Å². The molecule has 1 heterocycles. The van der Waals surface area contributed by atoms with Gasteiger partial charge in [-0.2, -0.15) is 0 Å². The number of carbonyl (C=O) groups excluding carboxylic acids is 1. The third kappa shape index (κ3) is 2.33. The number of hydrogen-bond acceptors (Lipinski definition) is 2. The summed E-state index contributed by atoms with van der Waals surface area (Å²) in [6, 6.07) is 6.36. The topological polar surface area (TPSA) is 46.9 Å². The second-order valence-electron chi connectivity index (χ2n) is 3.53. The van der Waals surface area contributed by atoms with Crippen molar-refractivity contribution in [3.8, 4) is 11.4 Å². The second-order valence-corrected chi connectivity index (χ2v) is 3.53. The van der Waals surface area contributed by atoms with Gasteiger partial charge in [-0.25, -0.2) is 9.37 Å². The third-order valence-corrected chi connectivity index (χ3v) is 2.42. The van der Waals surface area contributed by atoms with Gasteiger partial charge in [-0.05, 0) is 12.1 Å². The van der Waals surface area contributed by atoms with E-state index in [1.165, 1.54) is 6.07 Å². The van der Waals surface area contributed by atoms with E-state index in [-0.39, 0.29) is 18.3 Å². The molecule has 0 atom stereocenters. The minimum atomic E-state index is -0.350. The molecule has 0 aliphatic rings. The summed E-state index contributed by atoms with van der Waals surface area (Å²) in [7, 11) is 1.56. The first-order chi connectivity index (χ1) is 8.22. The maximum Gasteiger partial charge on any atom is 0.239 e. The summed E-state index contributed by atoms with van der Waals surface area (Å²) in [4.78, 5) is 15.4. The molecule has 0 spiro atoms. The van der Waals surface area contributed by atoms with Crippen molar-refractivity contribution >= 4 is 5.91 Å². The van der Waals surface area contributed by atoms with Crippen LogP contribution in [0.1, 0.15) is 0 Å². The van der Waals surface area contributed by atoms with Gasteiger partial charge in [0, 0.05) is 19.4 Å². The van der Waals surface area contributed by atoms with Gasteiger partial charge >= 0.3 is 0 Å². The van der Waals surface area contributed by atoms with Crippen molar-refractivity contribution in [2.75, 3.05) is 7.05 Å². The average molecular weight is 233 g/mol. The van der Waals surface area contributed by atoms with Crippen molar-refractivity contribution in [3.63, 3.8) is 0 Å². The van der Waals surface area contributed by atoms with Crippen LogP contribution >= 0.6 is 0 Å². The molecule has 5 heteroatoms. The fourth-order valence-electron chi connectivity index (χ4n) is 1.56. The number of likely N-dealkylation sites (N-methyl/N-ethyl adjacent to an activating group) is 1. The van der Waals surface area contributed by atoms with Gasteiger partial charge in [-0.15, -0.1) is 0 Å². The highest BCUT2D eigenvalue weighted by Gasteiger charge is 2.11. The summed E-state index contributed by atoms with van der Waals surface area (Å²) >= 11 is 0. The van der Waals surface area contributed by atoms with E-state index in [0.717, 1.165) is 0 Å². The summed E-state index contributed by atoms with van der Waals surface area (Å²) < 4.78 is 15.2. The molecular weight excluding hydrogens is 221 g/mol. The fourth-order valence-corrected chi connectivity index (χ4v) is 1.56. The van der Waals surface area contributed by atoms with Crippen LogP contribution in [0, 0.1) is 5.82 Å². The minimum absolute atomic E-state index is 0.125. The minimum Gasteiger partial charge on any atom is -0.358 e. The quantitative estimate of drug-likeness (QED) is 0.871. The number of aromatic nitrogens is 2. The van der Waals surface area contributed by atoms with Crippen LogP contribution in [0.2, 0.25) is 0 Å². The summed E-state index contributed by atoms with van der Waals surface area (Å²) in [5.74, 6) is -0.0517. The molecule has 0 saturated carbocycles. The molecule has 4 nitrogen and oxygen atoms in total. The number of rotatable bonds is 3. The van der Waals surface area contributed by atoms with Crippen molar-refractivity contribution in [2.45, 2.75) is 6.54 Å². The van der Waals surface area contributed by atoms with Crippen LogP contribution in [0.15, 0.2) is 36.7 Å². The lowest BCUT2D eigenvalue weighted by atomic mass is 10.2. The number of amides is 1. The van der Waals surface area contributed by atoms with Crippen molar-refractivity contribution in [1.29, 1.82) is 0 Å². The molecule has 0 bridgehead atoms. The SMILES string of the molecule is CNC(=O)Cn1ccnc1-c1ccccc1F. The zero-order valence-corrected chi connectivity index (χ0v) is 9.35. The van der Waals surface area contributed by atoms with Crippen molar-refractivity contribution in [1.82, 2.24) is 14.9 Å². The monoisotopic (exact) mass is 233 g/mol. The predicted molar refractivity (Wildman–Crippen MR) is 61.7 cm³/mol. The van der Waals surface area contributed by atoms with Gasteiger partial charge in [0.25, 0.3) is 0 Å². The van der Waals surface area contributed by atoms with Crippen LogP contribution in [0.4, 0.5) is 4.39 Å². The second kappa shape index (κ2) is 4.78. The van der Waals surface area contributed by atoms with E-state index in [0.29, 0.717) is 11.4 Å². The number of hydrogen-bond donors (Lipinski definition) is 1. The highest BCUT2D eigenvalue weighted by Crippen LogP contribution is 2.20. The van der Waals surface area contributed by atoms with Gasteiger partial charge in [-0.1, -0.05) is 12.1 Å². The first kappa shape index (κ1) is 11.3. The molecule has 1 aromatic heterocycles. The normalized spacial score (nSPS) is 10.2. The number of nitrogens with zero attached hydrogens (tertiary/aromatic N) is 2.